The van der Waals surface area contributed by atoms with Crippen LogP contribution < -0.4 is 5.32 Å². The summed E-state index contributed by atoms with van der Waals surface area (Å²) in [5.74, 6) is -2.64. The van der Waals surface area contributed by atoms with Crippen molar-refractivity contribution in [3.63, 3.8) is 0 Å². The molecule has 1 aliphatic rings. The molecule has 1 aromatic heterocycles. The van der Waals surface area contributed by atoms with Crippen molar-refractivity contribution >= 4 is 11.9 Å². The average molecular weight is 344 g/mol. The second-order valence-corrected chi connectivity index (χ2v) is 6.21. The summed E-state index contributed by atoms with van der Waals surface area (Å²) in [4.78, 5) is 22.6. The normalized spacial score (nSPS) is 22.8. The second kappa shape index (κ2) is 7.43. The second-order valence-electron chi connectivity index (χ2n) is 6.21. The molecule has 132 valence electrons. The smallest absolute Gasteiger partial charge is 0.321 e. The zero-order valence-electron chi connectivity index (χ0n) is 13.6. The van der Waals surface area contributed by atoms with Gasteiger partial charge in [-0.2, -0.15) is 0 Å². The van der Waals surface area contributed by atoms with Crippen LogP contribution in [0.5, 0.6) is 0 Å². The van der Waals surface area contributed by atoms with Gasteiger partial charge in [-0.3, -0.25) is 9.59 Å². The Morgan fingerprint density at radius 2 is 1.96 bits per heavy atom. The summed E-state index contributed by atoms with van der Waals surface area (Å²) in [6.07, 6.45) is 2.94. The minimum atomic E-state index is -1.04. The number of carboxylic acids is 2. The van der Waals surface area contributed by atoms with Crippen LogP contribution in [0, 0.1) is 5.92 Å². The maximum absolute atomic E-state index is 11.4. The topological polar surface area (TPSA) is 117 Å². The van der Waals surface area contributed by atoms with Crippen LogP contribution in [-0.4, -0.2) is 49.7 Å². The molecule has 2 heterocycles. The van der Waals surface area contributed by atoms with Crippen LogP contribution in [0.15, 0.2) is 36.5 Å². The standard InChI is InChI=1S/C17H20N4O4/c22-15(23)8-13-14(10-18-16(13)17(24)25)21-12(9-19-20-21)7-6-11-4-2-1-3-5-11/h1-5,9,13-14,16,18H,6-8,10H2,(H,22,23)(H,24,25)/t13-,14-,16-/m0/s1. The van der Waals surface area contributed by atoms with E-state index >= 15 is 0 Å². The summed E-state index contributed by atoms with van der Waals surface area (Å²) in [5, 5.41) is 29.4. The van der Waals surface area contributed by atoms with Gasteiger partial charge in [-0.15, -0.1) is 5.10 Å². The number of carbonyl (C=O) groups is 2. The molecule has 0 bridgehead atoms. The first-order valence-electron chi connectivity index (χ1n) is 8.17. The maximum Gasteiger partial charge on any atom is 0.321 e. The fourth-order valence-electron chi connectivity index (χ4n) is 3.41. The lowest BCUT2D eigenvalue weighted by Gasteiger charge is -2.21. The van der Waals surface area contributed by atoms with E-state index in [2.05, 4.69) is 15.6 Å². The first-order valence-corrected chi connectivity index (χ1v) is 8.17. The van der Waals surface area contributed by atoms with Crippen molar-refractivity contribution in [1.82, 2.24) is 20.3 Å². The molecule has 0 unspecified atom stereocenters. The van der Waals surface area contributed by atoms with E-state index in [9.17, 15) is 14.7 Å². The lowest BCUT2D eigenvalue weighted by atomic mass is 9.92. The third-order valence-electron chi connectivity index (χ3n) is 4.62. The Morgan fingerprint density at radius 3 is 2.64 bits per heavy atom. The van der Waals surface area contributed by atoms with Gasteiger partial charge < -0.3 is 15.5 Å². The molecule has 2 aromatic rings. The number of hydrogen-bond donors (Lipinski definition) is 3. The molecule has 3 rings (SSSR count). The minimum Gasteiger partial charge on any atom is -0.481 e. The molecule has 0 radical (unpaired) electrons. The van der Waals surface area contributed by atoms with E-state index in [1.165, 1.54) is 5.56 Å². The van der Waals surface area contributed by atoms with Crippen LogP contribution in [0.25, 0.3) is 0 Å². The van der Waals surface area contributed by atoms with Crippen molar-refractivity contribution in [2.45, 2.75) is 31.3 Å². The predicted octanol–water partition coefficient (Wildman–Crippen LogP) is 0.752. The SMILES string of the molecule is O=C(O)C[C@@H]1[C@@H](C(=O)O)NC[C@@H]1n1nncc1CCc1ccccc1. The van der Waals surface area contributed by atoms with Gasteiger partial charge in [-0.05, 0) is 18.4 Å². The Bertz CT molecular complexity index is 746. The Kier molecular flexibility index (Phi) is 5.08. The number of aliphatic carboxylic acids is 2. The molecule has 1 aliphatic heterocycles. The van der Waals surface area contributed by atoms with Crippen molar-refractivity contribution in [2.75, 3.05) is 6.54 Å². The predicted molar refractivity (Wildman–Crippen MR) is 88.1 cm³/mol. The molecule has 8 nitrogen and oxygen atoms in total. The van der Waals surface area contributed by atoms with Gasteiger partial charge in [0, 0.05) is 12.5 Å². The Hall–Kier alpha value is -2.74. The van der Waals surface area contributed by atoms with Crippen molar-refractivity contribution < 1.29 is 19.8 Å². The van der Waals surface area contributed by atoms with Gasteiger partial charge in [0.15, 0.2) is 0 Å². The number of aryl methyl sites for hydroxylation is 2. The number of nitrogens with zero attached hydrogens (tertiary/aromatic N) is 3. The summed E-state index contributed by atoms with van der Waals surface area (Å²) in [5.41, 5.74) is 2.06. The van der Waals surface area contributed by atoms with Gasteiger partial charge in [0.2, 0.25) is 0 Å². The van der Waals surface area contributed by atoms with E-state index in [1.807, 2.05) is 30.3 Å². The molecule has 0 amide bonds. The van der Waals surface area contributed by atoms with Crippen molar-refractivity contribution in [3.8, 4) is 0 Å². The summed E-state index contributed by atoms with van der Waals surface area (Å²) in [6.45, 7) is 0.358. The summed E-state index contributed by atoms with van der Waals surface area (Å²) in [7, 11) is 0. The van der Waals surface area contributed by atoms with Crippen LogP contribution in [-0.2, 0) is 22.4 Å². The molecular weight excluding hydrogens is 324 g/mol. The lowest BCUT2D eigenvalue weighted by Crippen LogP contribution is -2.37. The highest BCUT2D eigenvalue weighted by molar-refractivity contribution is 5.76. The van der Waals surface area contributed by atoms with Gasteiger partial charge in [-0.1, -0.05) is 35.5 Å². The third-order valence-corrected chi connectivity index (χ3v) is 4.62. The molecule has 1 aromatic carbocycles. The van der Waals surface area contributed by atoms with Crippen molar-refractivity contribution in [3.05, 3.63) is 47.8 Å². The Labute approximate surface area is 144 Å². The van der Waals surface area contributed by atoms with Crippen LogP contribution in [0.4, 0.5) is 0 Å². The number of aromatic nitrogens is 3. The highest BCUT2D eigenvalue weighted by Gasteiger charge is 2.43. The fraction of sp³-hybridized carbons (Fsp3) is 0.412. The Morgan fingerprint density at radius 1 is 1.20 bits per heavy atom. The van der Waals surface area contributed by atoms with Crippen molar-refractivity contribution in [2.24, 2.45) is 5.92 Å². The number of nitrogens with one attached hydrogen (secondary N) is 1. The lowest BCUT2D eigenvalue weighted by molar-refractivity contribution is -0.142. The maximum atomic E-state index is 11.4. The van der Waals surface area contributed by atoms with E-state index in [4.69, 9.17) is 5.11 Å². The van der Waals surface area contributed by atoms with Crippen molar-refractivity contribution in [1.29, 1.82) is 0 Å². The molecule has 1 saturated heterocycles. The van der Waals surface area contributed by atoms with Gasteiger partial charge in [-0.25, -0.2) is 4.68 Å². The van der Waals surface area contributed by atoms with Crippen LogP contribution in [0.1, 0.15) is 23.7 Å². The van der Waals surface area contributed by atoms with E-state index in [0.29, 0.717) is 13.0 Å². The minimum absolute atomic E-state index is 0.230. The largest absolute Gasteiger partial charge is 0.481 e. The van der Waals surface area contributed by atoms with Gasteiger partial charge in [0.25, 0.3) is 0 Å². The molecular formula is C17H20N4O4. The fourth-order valence-corrected chi connectivity index (χ4v) is 3.41. The molecule has 0 spiro atoms. The van der Waals surface area contributed by atoms with Gasteiger partial charge in [0.1, 0.15) is 6.04 Å². The first-order chi connectivity index (χ1) is 12.1. The van der Waals surface area contributed by atoms with E-state index in [1.54, 1.807) is 10.9 Å². The number of benzene rings is 1. The molecule has 3 N–H and O–H groups in total. The summed E-state index contributed by atoms with van der Waals surface area (Å²) in [6, 6.07) is 8.76. The molecule has 3 atom stereocenters. The summed E-state index contributed by atoms with van der Waals surface area (Å²) < 4.78 is 1.69. The van der Waals surface area contributed by atoms with Gasteiger partial charge >= 0.3 is 11.9 Å². The van der Waals surface area contributed by atoms with Crippen LogP contribution in [0.3, 0.4) is 0 Å². The average Bonchev–Trinajstić information content (AvgIpc) is 3.19. The number of carboxylic acid groups (broad SMARTS) is 2. The summed E-state index contributed by atoms with van der Waals surface area (Å²) >= 11 is 0. The zero-order valence-corrected chi connectivity index (χ0v) is 13.6. The Balaban J connectivity index is 1.78. The van der Waals surface area contributed by atoms with E-state index < -0.39 is 23.9 Å². The number of hydrogen-bond acceptors (Lipinski definition) is 5. The molecule has 0 saturated carbocycles. The van der Waals surface area contributed by atoms with Crippen LogP contribution >= 0.6 is 0 Å². The quantitative estimate of drug-likeness (QED) is 0.678. The molecule has 0 aliphatic carbocycles. The van der Waals surface area contributed by atoms with E-state index in [0.717, 1.165) is 12.1 Å². The monoisotopic (exact) mass is 344 g/mol. The zero-order chi connectivity index (χ0) is 17.8. The first kappa shape index (κ1) is 17.1. The van der Waals surface area contributed by atoms with Crippen LogP contribution in [0.2, 0.25) is 0 Å². The van der Waals surface area contributed by atoms with Gasteiger partial charge in [0.05, 0.1) is 24.4 Å². The molecule has 8 heteroatoms. The third kappa shape index (κ3) is 3.85. The molecule has 1 fully saturated rings. The highest BCUT2D eigenvalue weighted by Crippen LogP contribution is 2.31. The van der Waals surface area contributed by atoms with E-state index in [-0.39, 0.29) is 12.5 Å². The molecule has 25 heavy (non-hydrogen) atoms. The number of rotatable bonds is 7. The highest BCUT2D eigenvalue weighted by atomic mass is 16.4.